The number of likely N-dealkylation sites (N-methyl/N-ethyl adjacent to an activating group) is 1. The molecule has 0 spiro atoms. The van der Waals surface area contributed by atoms with Crippen LogP contribution < -0.4 is 5.73 Å². The molecule has 0 unspecified atom stereocenters. The van der Waals surface area contributed by atoms with Crippen LogP contribution in [-0.4, -0.2) is 30.9 Å². The smallest absolute Gasteiger partial charge is 0.229 e. The molecule has 0 saturated carbocycles. The summed E-state index contributed by atoms with van der Waals surface area (Å²) in [6, 6.07) is 3.71. The second-order valence-electron chi connectivity index (χ2n) is 5.31. The number of carbonyl (C=O) groups excluding carboxylic acids is 1. The van der Waals surface area contributed by atoms with Crippen molar-refractivity contribution in [3.63, 3.8) is 0 Å². The first-order chi connectivity index (χ1) is 7.84. The molecule has 4 heteroatoms. The summed E-state index contributed by atoms with van der Waals surface area (Å²) >= 11 is 0. The molecule has 1 rings (SSSR count). The lowest BCUT2D eigenvalue weighted by atomic mass is 9.93. The van der Waals surface area contributed by atoms with E-state index in [1.807, 2.05) is 32.9 Å². The normalized spacial score (nSPS) is 11.6. The fourth-order valence-corrected chi connectivity index (χ4v) is 1.66. The van der Waals surface area contributed by atoms with E-state index in [4.69, 9.17) is 10.2 Å². The van der Waals surface area contributed by atoms with Crippen LogP contribution in [0.1, 0.15) is 25.4 Å². The summed E-state index contributed by atoms with van der Waals surface area (Å²) in [5.74, 6) is 1.60. The highest BCUT2D eigenvalue weighted by atomic mass is 16.3. The van der Waals surface area contributed by atoms with E-state index in [2.05, 4.69) is 0 Å². The molecule has 96 valence electrons. The van der Waals surface area contributed by atoms with E-state index < -0.39 is 0 Å². The molecule has 1 aromatic rings. The maximum atomic E-state index is 11.9. The molecule has 4 nitrogen and oxygen atoms in total. The predicted molar refractivity (Wildman–Crippen MR) is 67.6 cm³/mol. The molecule has 0 bridgehead atoms. The molecular weight excluding hydrogens is 216 g/mol. The first-order valence-electron chi connectivity index (χ1n) is 5.83. The van der Waals surface area contributed by atoms with Crippen LogP contribution in [0, 0.1) is 12.3 Å². The Balaban J connectivity index is 2.53. The Labute approximate surface area is 103 Å². The van der Waals surface area contributed by atoms with Crippen molar-refractivity contribution in [1.29, 1.82) is 0 Å². The molecule has 0 atom stereocenters. The minimum atomic E-state index is -0.0521. The molecule has 1 aromatic heterocycles. The van der Waals surface area contributed by atoms with Gasteiger partial charge in [0.2, 0.25) is 5.91 Å². The maximum absolute atomic E-state index is 11.9. The molecule has 1 amide bonds. The van der Waals surface area contributed by atoms with Crippen molar-refractivity contribution < 1.29 is 9.21 Å². The Hall–Kier alpha value is -1.29. The lowest BCUT2D eigenvalue weighted by Gasteiger charge is -2.28. The highest BCUT2D eigenvalue weighted by Gasteiger charge is 2.21. The second kappa shape index (κ2) is 5.36. The van der Waals surface area contributed by atoms with E-state index in [1.165, 1.54) is 0 Å². The van der Waals surface area contributed by atoms with Crippen molar-refractivity contribution in [2.45, 2.75) is 27.2 Å². The van der Waals surface area contributed by atoms with E-state index >= 15 is 0 Å². The van der Waals surface area contributed by atoms with Gasteiger partial charge >= 0.3 is 0 Å². The van der Waals surface area contributed by atoms with Gasteiger partial charge in [-0.1, -0.05) is 13.8 Å². The lowest BCUT2D eigenvalue weighted by Crippen LogP contribution is -2.40. The molecule has 0 fully saturated rings. The zero-order valence-electron chi connectivity index (χ0n) is 11.1. The van der Waals surface area contributed by atoms with E-state index in [0.717, 1.165) is 5.76 Å². The summed E-state index contributed by atoms with van der Waals surface area (Å²) in [5, 5.41) is 0. The fourth-order valence-electron chi connectivity index (χ4n) is 1.66. The number of nitrogens with two attached hydrogens (primary N) is 1. The SMILES string of the molecule is Cc1ccc(CC(=O)N(C)CC(C)(C)CN)o1. The van der Waals surface area contributed by atoms with Crippen molar-refractivity contribution in [3.8, 4) is 0 Å². The fraction of sp³-hybridized carbons (Fsp3) is 0.615. The van der Waals surface area contributed by atoms with Crippen molar-refractivity contribution >= 4 is 5.91 Å². The van der Waals surface area contributed by atoms with Gasteiger partial charge in [-0.15, -0.1) is 0 Å². The molecule has 0 aliphatic rings. The summed E-state index contributed by atoms with van der Waals surface area (Å²) in [5.41, 5.74) is 5.60. The van der Waals surface area contributed by atoms with Crippen LogP contribution in [-0.2, 0) is 11.2 Å². The summed E-state index contributed by atoms with van der Waals surface area (Å²) < 4.78 is 5.39. The molecule has 0 radical (unpaired) electrons. The summed E-state index contributed by atoms with van der Waals surface area (Å²) in [7, 11) is 1.80. The zero-order valence-corrected chi connectivity index (χ0v) is 11.1. The van der Waals surface area contributed by atoms with Crippen LogP contribution in [0.4, 0.5) is 0 Å². The number of aryl methyl sites for hydroxylation is 1. The van der Waals surface area contributed by atoms with E-state index in [1.54, 1.807) is 11.9 Å². The van der Waals surface area contributed by atoms with Crippen molar-refractivity contribution in [3.05, 3.63) is 23.7 Å². The minimum Gasteiger partial charge on any atom is -0.466 e. The van der Waals surface area contributed by atoms with Crippen LogP contribution in [0.25, 0.3) is 0 Å². The standard InChI is InChI=1S/C13H22N2O2/c1-10-5-6-11(17-10)7-12(16)15(4)9-13(2,3)8-14/h5-6H,7-9,14H2,1-4H3. The third-order valence-electron chi connectivity index (χ3n) is 2.77. The van der Waals surface area contributed by atoms with Gasteiger partial charge in [0.1, 0.15) is 11.5 Å². The molecule has 0 aliphatic carbocycles. The van der Waals surface area contributed by atoms with Gasteiger partial charge < -0.3 is 15.1 Å². The Bertz CT molecular complexity index is 383. The summed E-state index contributed by atoms with van der Waals surface area (Å²) in [4.78, 5) is 13.7. The lowest BCUT2D eigenvalue weighted by molar-refractivity contribution is -0.130. The molecule has 1 heterocycles. The first kappa shape index (κ1) is 13.8. The molecule has 0 aromatic carbocycles. The molecule has 0 aliphatic heterocycles. The third kappa shape index (κ3) is 4.23. The van der Waals surface area contributed by atoms with Crippen molar-refractivity contribution in [2.75, 3.05) is 20.1 Å². The van der Waals surface area contributed by atoms with Crippen LogP contribution in [0.5, 0.6) is 0 Å². The Morgan fingerprint density at radius 1 is 1.47 bits per heavy atom. The van der Waals surface area contributed by atoms with E-state index in [9.17, 15) is 4.79 Å². The van der Waals surface area contributed by atoms with Crippen LogP contribution in [0.2, 0.25) is 0 Å². The summed E-state index contributed by atoms with van der Waals surface area (Å²) in [6.45, 7) is 7.18. The number of furan rings is 1. The highest BCUT2D eigenvalue weighted by Crippen LogP contribution is 2.15. The van der Waals surface area contributed by atoms with Crippen molar-refractivity contribution in [2.24, 2.45) is 11.1 Å². The molecule has 17 heavy (non-hydrogen) atoms. The minimum absolute atomic E-state index is 0.0521. The number of hydrogen-bond donors (Lipinski definition) is 1. The second-order valence-corrected chi connectivity index (χ2v) is 5.31. The van der Waals surface area contributed by atoms with Gasteiger partial charge in [-0.05, 0) is 31.0 Å². The number of nitrogens with zero attached hydrogens (tertiary/aromatic N) is 1. The van der Waals surface area contributed by atoms with Gasteiger partial charge in [0.05, 0.1) is 6.42 Å². The van der Waals surface area contributed by atoms with Gasteiger partial charge in [-0.3, -0.25) is 4.79 Å². The number of hydrogen-bond acceptors (Lipinski definition) is 3. The van der Waals surface area contributed by atoms with Gasteiger partial charge in [0, 0.05) is 13.6 Å². The maximum Gasteiger partial charge on any atom is 0.229 e. The van der Waals surface area contributed by atoms with Gasteiger partial charge in [-0.25, -0.2) is 0 Å². The number of rotatable bonds is 5. The Kier molecular flexibility index (Phi) is 4.34. The van der Waals surface area contributed by atoms with Crippen LogP contribution in [0.3, 0.4) is 0 Å². The summed E-state index contributed by atoms with van der Waals surface area (Å²) in [6.07, 6.45) is 0.311. The van der Waals surface area contributed by atoms with E-state index in [0.29, 0.717) is 25.3 Å². The Morgan fingerprint density at radius 3 is 2.59 bits per heavy atom. The third-order valence-corrected chi connectivity index (χ3v) is 2.77. The van der Waals surface area contributed by atoms with E-state index in [-0.39, 0.29) is 11.3 Å². The molecular formula is C13H22N2O2. The monoisotopic (exact) mass is 238 g/mol. The number of amides is 1. The van der Waals surface area contributed by atoms with Gasteiger partial charge in [0.15, 0.2) is 0 Å². The average molecular weight is 238 g/mol. The largest absolute Gasteiger partial charge is 0.466 e. The predicted octanol–water partition coefficient (Wildman–Crippen LogP) is 1.57. The average Bonchev–Trinajstić information content (AvgIpc) is 2.63. The Morgan fingerprint density at radius 2 is 2.12 bits per heavy atom. The topological polar surface area (TPSA) is 59.5 Å². The van der Waals surface area contributed by atoms with Gasteiger partial charge in [-0.2, -0.15) is 0 Å². The quantitative estimate of drug-likeness (QED) is 0.847. The zero-order chi connectivity index (χ0) is 13.1. The van der Waals surface area contributed by atoms with Crippen LogP contribution in [0.15, 0.2) is 16.5 Å². The number of carbonyl (C=O) groups is 1. The highest BCUT2D eigenvalue weighted by molar-refractivity contribution is 5.77. The first-order valence-corrected chi connectivity index (χ1v) is 5.83. The van der Waals surface area contributed by atoms with Crippen molar-refractivity contribution in [1.82, 2.24) is 4.90 Å². The molecule has 0 saturated heterocycles. The molecule has 2 N–H and O–H groups in total. The van der Waals surface area contributed by atoms with Gasteiger partial charge in [0.25, 0.3) is 0 Å². The van der Waals surface area contributed by atoms with Crippen LogP contribution >= 0.6 is 0 Å².